The van der Waals surface area contributed by atoms with Crippen molar-refractivity contribution in [3.63, 3.8) is 0 Å². The van der Waals surface area contributed by atoms with E-state index in [2.05, 4.69) is 0 Å². The van der Waals surface area contributed by atoms with Crippen LogP contribution in [-0.2, 0) is 0 Å². The lowest BCUT2D eigenvalue weighted by Crippen LogP contribution is -2.21. The van der Waals surface area contributed by atoms with Crippen LogP contribution in [0.5, 0.6) is 0 Å². The number of fused-ring (bicyclic) bond motifs is 1. The number of rotatable bonds is 2. The molecule has 2 nitrogen and oxygen atoms in total. The van der Waals surface area contributed by atoms with E-state index in [-0.39, 0.29) is 11.9 Å². The lowest BCUT2D eigenvalue weighted by Gasteiger charge is -2.12. The summed E-state index contributed by atoms with van der Waals surface area (Å²) >= 11 is 0. The predicted octanol–water partition coefficient (Wildman–Crippen LogP) is 1.94. The van der Waals surface area contributed by atoms with E-state index < -0.39 is 0 Å². The molecule has 0 aliphatic rings. The summed E-state index contributed by atoms with van der Waals surface area (Å²) in [6.07, 6.45) is 0. The van der Waals surface area contributed by atoms with Crippen molar-refractivity contribution in [1.29, 1.82) is 0 Å². The number of hydrogen-bond acceptors (Lipinski definition) is 2. The van der Waals surface area contributed by atoms with Crippen LogP contribution in [0.2, 0.25) is 0 Å². The predicted molar refractivity (Wildman–Crippen MR) is 59.9 cm³/mol. The van der Waals surface area contributed by atoms with Gasteiger partial charge in [-0.05, 0) is 17.0 Å². The van der Waals surface area contributed by atoms with Crippen molar-refractivity contribution in [2.24, 2.45) is 11.5 Å². The average molecular weight is 204 g/mol. The smallest absolute Gasteiger partial charge is 0.131 e. The van der Waals surface area contributed by atoms with Crippen molar-refractivity contribution < 1.29 is 4.39 Å². The van der Waals surface area contributed by atoms with E-state index in [9.17, 15) is 4.39 Å². The van der Waals surface area contributed by atoms with Gasteiger partial charge in [0.1, 0.15) is 5.82 Å². The van der Waals surface area contributed by atoms with Gasteiger partial charge in [-0.1, -0.05) is 30.3 Å². The molecule has 0 aromatic heterocycles. The van der Waals surface area contributed by atoms with Gasteiger partial charge in [0.15, 0.2) is 0 Å². The van der Waals surface area contributed by atoms with Crippen LogP contribution in [0.25, 0.3) is 10.8 Å². The number of benzene rings is 2. The van der Waals surface area contributed by atoms with Crippen molar-refractivity contribution >= 4 is 10.8 Å². The number of nitrogens with two attached hydrogens (primary N) is 2. The summed E-state index contributed by atoms with van der Waals surface area (Å²) in [5.41, 5.74) is 12.3. The van der Waals surface area contributed by atoms with Gasteiger partial charge in [-0.25, -0.2) is 4.39 Å². The van der Waals surface area contributed by atoms with Crippen LogP contribution in [-0.4, -0.2) is 6.54 Å². The highest BCUT2D eigenvalue weighted by atomic mass is 19.1. The van der Waals surface area contributed by atoms with E-state index in [0.29, 0.717) is 11.9 Å². The van der Waals surface area contributed by atoms with E-state index in [4.69, 9.17) is 11.5 Å². The minimum atomic E-state index is -0.240. The third-order valence-electron chi connectivity index (χ3n) is 2.56. The van der Waals surface area contributed by atoms with E-state index >= 15 is 0 Å². The van der Waals surface area contributed by atoms with Gasteiger partial charge in [0.05, 0.1) is 0 Å². The summed E-state index contributed by atoms with van der Waals surface area (Å²) in [7, 11) is 0. The van der Waals surface area contributed by atoms with Crippen LogP contribution in [0.4, 0.5) is 4.39 Å². The molecule has 0 saturated heterocycles. The fraction of sp³-hybridized carbons (Fsp3) is 0.167. The second-order valence-electron chi connectivity index (χ2n) is 3.52. The van der Waals surface area contributed by atoms with Crippen LogP contribution in [0.3, 0.4) is 0 Å². The van der Waals surface area contributed by atoms with Gasteiger partial charge >= 0.3 is 0 Å². The first-order valence-electron chi connectivity index (χ1n) is 4.87. The first kappa shape index (κ1) is 10.1. The summed E-state index contributed by atoms with van der Waals surface area (Å²) in [6, 6.07) is 10.2. The second kappa shape index (κ2) is 3.96. The highest BCUT2D eigenvalue weighted by Crippen LogP contribution is 2.24. The Hall–Kier alpha value is -1.45. The van der Waals surface area contributed by atoms with E-state index in [0.717, 1.165) is 10.9 Å². The minimum absolute atomic E-state index is 0.224. The molecule has 0 bridgehead atoms. The molecule has 78 valence electrons. The lowest BCUT2D eigenvalue weighted by molar-refractivity contribution is 0.638. The van der Waals surface area contributed by atoms with E-state index in [1.165, 1.54) is 6.07 Å². The molecule has 2 aromatic rings. The van der Waals surface area contributed by atoms with E-state index in [1.807, 2.05) is 18.2 Å². The van der Waals surface area contributed by atoms with Gasteiger partial charge < -0.3 is 11.5 Å². The Morgan fingerprint density at radius 1 is 1.07 bits per heavy atom. The van der Waals surface area contributed by atoms with Gasteiger partial charge in [-0.3, -0.25) is 0 Å². The quantitative estimate of drug-likeness (QED) is 0.785. The molecule has 0 heterocycles. The molecule has 3 heteroatoms. The fourth-order valence-electron chi connectivity index (χ4n) is 1.74. The molecule has 0 saturated carbocycles. The SMILES string of the molecule is NC[C@H](N)c1ccc(F)c2ccccc12. The Balaban J connectivity index is 2.71. The van der Waals surface area contributed by atoms with E-state index in [1.54, 1.807) is 12.1 Å². The summed E-state index contributed by atoms with van der Waals surface area (Å²) in [5, 5.41) is 1.44. The molecule has 4 N–H and O–H groups in total. The van der Waals surface area contributed by atoms with Gasteiger partial charge in [-0.2, -0.15) is 0 Å². The Bertz CT molecular complexity index is 482. The van der Waals surface area contributed by atoms with Gasteiger partial charge in [0.25, 0.3) is 0 Å². The summed E-state index contributed by atoms with van der Waals surface area (Å²) in [5.74, 6) is -0.224. The largest absolute Gasteiger partial charge is 0.329 e. The van der Waals surface area contributed by atoms with Crippen molar-refractivity contribution in [2.75, 3.05) is 6.54 Å². The molecular weight excluding hydrogens is 191 g/mol. The highest BCUT2D eigenvalue weighted by molar-refractivity contribution is 5.86. The Morgan fingerprint density at radius 2 is 1.73 bits per heavy atom. The zero-order chi connectivity index (χ0) is 10.8. The normalized spacial score (nSPS) is 13.0. The first-order valence-corrected chi connectivity index (χ1v) is 4.87. The zero-order valence-electron chi connectivity index (χ0n) is 8.28. The molecule has 0 fully saturated rings. The summed E-state index contributed by atoms with van der Waals surface area (Å²) in [4.78, 5) is 0. The fourth-order valence-corrected chi connectivity index (χ4v) is 1.74. The number of hydrogen-bond donors (Lipinski definition) is 2. The van der Waals surface area contributed by atoms with Crippen LogP contribution < -0.4 is 11.5 Å². The summed E-state index contributed by atoms with van der Waals surface area (Å²) < 4.78 is 13.5. The lowest BCUT2D eigenvalue weighted by atomic mass is 9.99. The average Bonchev–Trinajstić information content (AvgIpc) is 2.29. The first-order chi connectivity index (χ1) is 7.24. The molecule has 1 atom stereocenters. The number of halogens is 1. The van der Waals surface area contributed by atoms with Crippen LogP contribution in [0, 0.1) is 5.82 Å². The van der Waals surface area contributed by atoms with Crippen molar-refractivity contribution in [3.8, 4) is 0 Å². The minimum Gasteiger partial charge on any atom is -0.329 e. The standard InChI is InChI=1S/C12H13FN2/c13-11-6-5-10(12(15)7-14)8-3-1-2-4-9(8)11/h1-6,12H,7,14-15H2/t12-/m0/s1. The molecule has 0 spiro atoms. The van der Waals surface area contributed by atoms with Gasteiger partial charge in [0.2, 0.25) is 0 Å². The maximum Gasteiger partial charge on any atom is 0.131 e. The molecule has 2 aromatic carbocycles. The second-order valence-corrected chi connectivity index (χ2v) is 3.52. The topological polar surface area (TPSA) is 52.0 Å². The van der Waals surface area contributed by atoms with Crippen LogP contribution in [0.1, 0.15) is 11.6 Å². The third-order valence-corrected chi connectivity index (χ3v) is 2.56. The van der Waals surface area contributed by atoms with Gasteiger partial charge in [0, 0.05) is 18.0 Å². The molecule has 0 unspecified atom stereocenters. The molecule has 0 radical (unpaired) electrons. The molecule has 0 aliphatic heterocycles. The van der Waals surface area contributed by atoms with Crippen LogP contribution in [0.15, 0.2) is 36.4 Å². The highest BCUT2D eigenvalue weighted by Gasteiger charge is 2.10. The monoisotopic (exact) mass is 204 g/mol. The molecule has 2 rings (SSSR count). The van der Waals surface area contributed by atoms with Crippen molar-refractivity contribution in [2.45, 2.75) is 6.04 Å². The third kappa shape index (κ3) is 1.71. The molecular formula is C12H13FN2. The molecule has 0 amide bonds. The maximum absolute atomic E-state index is 13.5. The Labute approximate surface area is 87.7 Å². The molecule has 0 aliphatic carbocycles. The maximum atomic E-state index is 13.5. The van der Waals surface area contributed by atoms with Crippen LogP contribution >= 0.6 is 0 Å². The van der Waals surface area contributed by atoms with Crippen molar-refractivity contribution in [1.82, 2.24) is 0 Å². The Morgan fingerprint density at radius 3 is 2.40 bits per heavy atom. The van der Waals surface area contributed by atoms with Crippen molar-refractivity contribution in [3.05, 3.63) is 47.8 Å². The zero-order valence-corrected chi connectivity index (χ0v) is 8.28. The Kier molecular flexibility index (Phi) is 2.66. The molecule has 15 heavy (non-hydrogen) atoms. The van der Waals surface area contributed by atoms with Gasteiger partial charge in [-0.15, -0.1) is 0 Å². The summed E-state index contributed by atoms with van der Waals surface area (Å²) in [6.45, 7) is 0.357.